The molecule has 0 atom stereocenters. The molecular weight excluding hydrogens is 328 g/mol. The van der Waals surface area contributed by atoms with Crippen LogP contribution >= 0.6 is 0 Å². The molecule has 4 rings (SSSR count). The number of nitrogens with one attached hydrogen (secondary N) is 2. The highest BCUT2D eigenvalue weighted by molar-refractivity contribution is 7.92. The standard InChI is InChI=1S/C17H18N2O4S/c20-24(21,13-4-5-16-17(10-13)23-9-8-22-16)19-15-3-1-2-12-11-18-7-6-14(12)15/h1-5,10,18-19H,6-9,11H2. The van der Waals surface area contributed by atoms with Crippen molar-refractivity contribution in [1.82, 2.24) is 5.32 Å². The van der Waals surface area contributed by atoms with Gasteiger partial charge in [-0.25, -0.2) is 8.42 Å². The lowest BCUT2D eigenvalue weighted by molar-refractivity contribution is 0.171. The van der Waals surface area contributed by atoms with Crippen molar-refractivity contribution < 1.29 is 17.9 Å². The third kappa shape index (κ3) is 2.81. The second-order valence-corrected chi connectivity index (χ2v) is 7.46. The summed E-state index contributed by atoms with van der Waals surface area (Å²) >= 11 is 0. The van der Waals surface area contributed by atoms with E-state index >= 15 is 0 Å². The van der Waals surface area contributed by atoms with E-state index < -0.39 is 10.0 Å². The molecule has 2 aromatic rings. The van der Waals surface area contributed by atoms with Crippen molar-refractivity contribution in [3.05, 3.63) is 47.5 Å². The van der Waals surface area contributed by atoms with Gasteiger partial charge in [-0.1, -0.05) is 12.1 Å². The van der Waals surface area contributed by atoms with E-state index in [0.29, 0.717) is 30.4 Å². The van der Waals surface area contributed by atoms with Gasteiger partial charge < -0.3 is 14.8 Å². The smallest absolute Gasteiger partial charge is 0.262 e. The summed E-state index contributed by atoms with van der Waals surface area (Å²) in [7, 11) is -3.69. The number of sulfonamides is 1. The molecule has 0 saturated heterocycles. The second-order valence-electron chi connectivity index (χ2n) is 5.78. The summed E-state index contributed by atoms with van der Waals surface area (Å²) in [4.78, 5) is 0.165. The molecule has 0 radical (unpaired) electrons. The molecule has 6 nitrogen and oxygen atoms in total. The fourth-order valence-electron chi connectivity index (χ4n) is 3.02. The third-order valence-electron chi connectivity index (χ3n) is 4.21. The second kappa shape index (κ2) is 5.99. The van der Waals surface area contributed by atoms with E-state index in [1.54, 1.807) is 12.1 Å². The van der Waals surface area contributed by atoms with Crippen LogP contribution in [-0.2, 0) is 23.0 Å². The fourth-order valence-corrected chi connectivity index (χ4v) is 4.13. The van der Waals surface area contributed by atoms with Crippen LogP contribution in [0.1, 0.15) is 11.1 Å². The summed E-state index contributed by atoms with van der Waals surface area (Å²) in [5, 5.41) is 3.29. The quantitative estimate of drug-likeness (QED) is 0.888. The Morgan fingerprint density at radius 3 is 2.75 bits per heavy atom. The molecule has 0 bridgehead atoms. The fraction of sp³-hybridized carbons (Fsp3) is 0.294. The van der Waals surface area contributed by atoms with E-state index in [-0.39, 0.29) is 4.90 Å². The van der Waals surface area contributed by atoms with Gasteiger partial charge >= 0.3 is 0 Å². The van der Waals surface area contributed by atoms with Gasteiger partial charge in [0.25, 0.3) is 10.0 Å². The van der Waals surface area contributed by atoms with Gasteiger partial charge in [-0.3, -0.25) is 4.72 Å². The predicted molar refractivity (Wildman–Crippen MR) is 90.1 cm³/mol. The lowest BCUT2D eigenvalue weighted by atomic mass is 9.99. The van der Waals surface area contributed by atoms with Gasteiger partial charge in [0.1, 0.15) is 13.2 Å². The van der Waals surface area contributed by atoms with Crippen LogP contribution in [0.5, 0.6) is 11.5 Å². The van der Waals surface area contributed by atoms with Crippen molar-refractivity contribution in [3.63, 3.8) is 0 Å². The van der Waals surface area contributed by atoms with Gasteiger partial charge in [-0.05, 0) is 42.3 Å². The zero-order valence-corrected chi connectivity index (χ0v) is 13.9. The molecule has 0 amide bonds. The van der Waals surface area contributed by atoms with Crippen molar-refractivity contribution in [3.8, 4) is 11.5 Å². The lowest BCUT2D eigenvalue weighted by Gasteiger charge is -2.22. The van der Waals surface area contributed by atoms with E-state index in [9.17, 15) is 8.42 Å². The molecule has 0 aromatic heterocycles. The number of rotatable bonds is 3. The molecule has 0 spiro atoms. The zero-order chi connectivity index (χ0) is 16.6. The Morgan fingerprint density at radius 2 is 1.88 bits per heavy atom. The maximum atomic E-state index is 12.8. The van der Waals surface area contributed by atoms with Crippen LogP contribution in [0.25, 0.3) is 0 Å². The minimum absolute atomic E-state index is 0.165. The average Bonchev–Trinajstić information content (AvgIpc) is 2.61. The Kier molecular flexibility index (Phi) is 3.82. The Bertz CT molecular complexity index is 880. The molecule has 126 valence electrons. The number of fused-ring (bicyclic) bond motifs is 2. The maximum absolute atomic E-state index is 12.8. The molecule has 2 aliphatic rings. The van der Waals surface area contributed by atoms with E-state index in [0.717, 1.165) is 30.6 Å². The third-order valence-corrected chi connectivity index (χ3v) is 5.57. The minimum atomic E-state index is -3.69. The Labute approximate surface area is 140 Å². The number of benzene rings is 2. The van der Waals surface area contributed by atoms with Gasteiger partial charge in [0, 0.05) is 12.6 Å². The van der Waals surface area contributed by atoms with E-state index in [1.165, 1.54) is 12.1 Å². The van der Waals surface area contributed by atoms with Gasteiger partial charge in [-0.2, -0.15) is 0 Å². The number of anilines is 1. The highest BCUT2D eigenvalue weighted by atomic mass is 32.2. The van der Waals surface area contributed by atoms with Crippen LogP contribution in [-0.4, -0.2) is 28.2 Å². The first kappa shape index (κ1) is 15.3. The molecule has 2 N–H and O–H groups in total. The molecule has 0 fully saturated rings. The summed E-state index contributed by atoms with van der Waals surface area (Å²) in [6.07, 6.45) is 0.801. The van der Waals surface area contributed by atoms with Crippen LogP contribution in [0.3, 0.4) is 0 Å². The first-order chi connectivity index (χ1) is 11.6. The Morgan fingerprint density at radius 1 is 1.04 bits per heavy atom. The summed E-state index contributed by atoms with van der Waals surface area (Å²) < 4.78 is 39.1. The van der Waals surface area contributed by atoms with Crippen LogP contribution in [0.2, 0.25) is 0 Å². The van der Waals surface area contributed by atoms with Gasteiger partial charge in [0.2, 0.25) is 0 Å². The number of ether oxygens (including phenoxy) is 2. The van der Waals surface area contributed by atoms with Gasteiger partial charge in [0.05, 0.1) is 10.6 Å². The molecule has 2 aliphatic heterocycles. The molecule has 24 heavy (non-hydrogen) atoms. The number of hydrogen-bond acceptors (Lipinski definition) is 5. The summed E-state index contributed by atoms with van der Waals surface area (Å²) in [5.74, 6) is 1.03. The average molecular weight is 346 g/mol. The first-order valence-electron chi connectivity index (χ1n) is 7.87. The molecule has 2 aromatic carbocycles. The minimum Gasteiger partial charge on any atom is -0.486 e. The van der Waals surface area contributed by atoms with E-state index in [4.69, 9.17) is 9.47 Å². The predicted octanol–water partition coefficient (Wildman–Crippen LogP) is 1.90. The molecule has 0 saturated carbocycles. The van der Waals surface area contributed by atoms with E-state index in [2.05, 4.69) is 10.0 Å². The summed E-state index contributed by atoms with van der Waals surface area (Å²) in [6, 6.07) is 10.4. The summed E-state index contributed by atoms with van der Waals surface area (Å²) in [6.45, 7) is 2.50. The SMILES string of the molecule is O=S(=O)(Nc1cccc2c1CCNC2)c1ccc2c(c1)OCCO2. The lowest BCUT2D eigenvalue weighted by Crippen LogP contribution is -2.25. The van der Waals surface area contributed by atoms with Crippen LogP contribution in [0.4, 0.5) is 5.69 Å². The number of hydrogen-bond donors (Lipinski definition) is 2. The normalized spacial score (nSPS) is 16.3. The van der Waals surface area contributed by atoms with Gasteiger partial charge in [-0.15, -0.1) is 0 Å². The topological polar surface area (TPSA) is 76.7 Å². The van der Waals surface area contributed by atoms with Crippen molar-refractivity contribution >= 4 is 15.7 Å². The van der Waals surface area contributed by atoms with Crippen molar-refractivity contribution in [2.45, 2.75) is 17.9 Å². The largest absolute Gasteiger partial charge is 0.486 e. The monoisotopic (exact) mass is 346 g/mol. The zero-order valence-electron chi connectivity index (χ0n) is 13.0. The maximum Gasteiger partial charge on any atom is 0.262 e. The van der Waals surface area contributed by atoms with Crippen LogP contribution < -0.4 is 19.5 Å². The van der Waals surface area contributed by atoms with Crippen LogP contribution in [0.15, 0.2) is 41.3 Å². The first-order valence-corrected chi connectivity index (χ1v) is 9.36. The molecule has 0 aliphatic carbocycles. The van der Waals surface area contributed by atoms with Crippen molar-refractivity contribution in [1.29, 1.82) is 0 Å². The van der Waals surface area contributed by atoms with Crippen molar-refractivity contribution in [2.75, 3.05) is 24.5 Å². The highest BCUT2D eigenvalue weighted by Crippen LogP contribution is 2.33. The Balaban J connectivity index is 1.67. The van der Waals surface area contributed by atoms with E-state index in [1.807, 2.05) is 12.1 Å². The van der Waals surface area contributed by atoms with Crippen LogP contribution in [0, 0.1) is 0 Å². The molecule has 0 unspecified atom stereocenters. The molecule has 2 heterocycles. The molecular formula is C17H18N2O4S. The molecule has 7 heteroatoms. The highest BCUT2D eigenvalue weighted by Gasteiger charge is 2.21. The van der Waals surface area contributed by atoms with Gasteiger partial charge in [0.15, 0.2) is 11.5 Å². The van der Waals surface area contributed by atoms with Crippen molar-refractivity contribution in [2.24, 2.45) is 0 Å². The summed E-state index contributed by atoms with van der Waals surface area (Å²) in [5.41, 5.74) is 2.82. The Hall–Kier alpha value is -2.25.